The van der Waals surface area contributed by atoms with E-state index in [-0.39, 0.29) is 12.6 Å². The van der Waals surface area contributed by atoms with E-state index < -0.39 is 10.0 Å². The fourth-order valence-corrected chi connectivity index (χ4v) is 4.19. The summed E-state index contributed by atoms with van der Waals surface area (Å²) in [7, 11) is -3.51. The highest BCUT2D eigenvalue weighted by molar-refractivity contribution is 7.89. The first-order valence-electron chi connectivity index (χ1n) is 6.48. The SMILES string of the molecule is CCN(C(C)C)S(=O)(=O)c1cc(CO)cc(C)c1C. The number of hydrogen-bond acceptors (Lipinski definition) is 3. The lowest BCUT2D eigenvalue weighted by atomic mass is 10.1. The number of aryl methyl sites for hydroxylation is 1. The molecule has 19 heavy (non-hydrogen) atoms. The largest absolute Gasteiger partial charge is 0.392 e. The number of aliphatic hydroxyl groups is 1. The third-order valence-electron chi connectivity index (χ3n) is 3.34. The minimum absolute atomic E-state index is 0.0903. The molecule has 1 aromatic rings. The van der Waals surface area contributed by atoms with E-state index >= 15 is 0 Å². The molecule has 0 saturated carbocycles. The molecule has 0 aliphatic heterocycles. The normalized spacial score (nSPS) is 12.4. The lowest BCUT2D eigenvalue weighted by Crippen LogP contribution is -2.37. The van der Waals surface area contributed by atoms with Crippen molar-refractivity contribution in [1.82, 2.24) is 4.31 Å². The van der Waals surface area contributed by atoms with Crippen LogP contribution < -0.4 is 0 Å². The Morgan fingerprint density at radius 1 is 1.26 bits per heavy atom. The first-order valence-corrected chi connectivity index (χ1v) is 7.92. The molecule has 0 saturated heterocycles. The molecule has 0 fully saturated rings. The van der Waals surface area contributed by atoms with Crippen LogP contribution in [0.25, 0.3) is 0 Å². The number of nitrogens with zero attached hydrogens (tertiary/aromatic N) is 1. The molecule has 0 aromatic heterocycles. The van der Waals surface area contributed by atoms with Gasteiger partial charge in [-0.2, -0.15) is 4.31 Å². The maximum absolute atomic E-state index is 12.7. The summed E-state index contributed by atoms with van der Waals surface area (Å²) in [6.07, 6.45) is 0. The average molecular weight is 285 g/mol. The van der Waals surface area contributed by atoms with Crippen LogP contribution in [0.15, 0.2) is 17.0 Å². The quantitative estimate of drug-likeness (QED) is 0.902. The van der Waals surface area contributed by atoms with Crippen LogP contribution in [-0.2, 0) is 16.6 Å². The van der Waals surface area contributed by atoms with Crippen LogP contribution in [-0.4, -0.2) is 30.4 Å². The zero-order chi connectivity index (χ0) is 14.8. The van der Waals surface area contributed by atoms with Gasteiger partial charge in [-0.05, 0) is 50.5 Å². The van der Waals surface area contributed by atoms with Crippen molar-refractivity contribution in [3.05, 3.63) is 28.8 Å². The Bertz CT molecular complexity index is 550. The molecule has 0 amide bonds. The fourth-order valence-electron chi connectivity index (χ4n) is 2.20. The van der Waals surface area contributed by atoms with E-state index in [2.05, 4.69) is 0 Å². The minimum Gasteiger partial charge on any atom is -0.392 e. The second kappa shape index (κ2) is 6.03. The Morgan fingerprint density at radius 2 is 1.84 bits per heavy atom. The van der Waals surface area contributed by atoms with Gasteiger partial charge in [0.1, 0.15) is 0 Å². The van der Waals surface area contributed by atoms with Gasteiger partial charge in [-0.3, -0.25) is 0 Å². The highest BCUT2D eigenvalue weighted by atomic mass is 32.2. The van der Waals surface area contributed by atoms with E-state index in [0.717, 1.165) is 11.1 Å². The monoisotopic (exact) mass is 285 g/mol. The summed E-state index contributed by atoms with van der Waals surface area (Å²) in [5.41, 5.74) is 2.25. The summed E-state index contributed by atoms with van der Waals surface area (Å²) in [5, 5.41) is 9.24. The molecular formula is C14H23NO3S. The average Bonchev–Trinajstić information content (AvgIpc) is 2.32. The fraction of sp³-hybridized carbons (Fsp3) is 0.571. The maximum atomic E-state index is 12.7. The van der Waals surface area contributed by atoms with Gasteiger partial charge in [0.25, 0.3) is 0 Å². The van der Waals surface area contributed by atoms with E-state index in [1.807, 2.05) is 33.8 Å². The Morgan fingerprint density at radius 3 is 2.26 bits per heavy atom. The van der Waals surface area contributed by atoms with Crippen molar-refractivity contribution < 1.29 is 13.5 Å². The third kappa shape index (κ3) is 3.16. The molecule has 0 aliphatic carbocycles. The second-order valence-corrected chi connectivity index (χ2v) is 6.86. The van der Waals surface area contributed by atoms with Gasteiger partial charge in [0.05, 0.1) is 11.5 Å². The number of benzene rings is 1. The van der Waals surface area contributed by atoms with Crippen LogP contribution in [0.2, 0.25) is 0 Å². The van der Waals surface area contributed by atoms with Crippen molar-refractivity contribution in [1.29, 1.82) is 0 Å². The Labute approximate surface area is 116 Å². The van der Waals surface area contributed by atoms with Crippen LogP contribution in [0.3, 0.4) is 0 Å². The van der Waals surface area contributed by atoms with E-state index in [9.17, 15) is 13.5 Å². The Hall–Kier alpha value is -0.910. The second-order valence-electron chi connectivity index (χ2n) is 5.00. The van der Waals surface area contributed by atoms with Crippen molar-refractivity contribution >= 4 is 10.0 Å². The summed E-state index contributed by atoms with van der Waals surface area (Å²) in [6.45, 7) is 9.49. The van der Waals surface area contributed by atoms with Crippen LogP contribution in [0, 0.1) is 13.8 Å². The van der Waals surface area contributed by atoms with Crippen LogP contribution >= 0.6 is 0 Å². The number of rotatable bonds is 5. The highest BCUT2D eigenvalue weighted by Crippen LogP contribution is 2.25. The summed E-state index contributed by atoms with van der Waals surface area (Å²) >= 11 is 0. The lowest BCUT2D eigenvalue weighted by Gasteiger charge is -2.26. The van der Waals surface area contributed by atoms with Crippen LogP contribution in [0.4, 0.5) is 0 Å². The summed E-state index contributed by atoms with van der Waals surface area (Å²) in [4.78, 5) is 0.298. The van der Waals surface area contributed by atoms with Gasteiger partial charge in [0.15, 0.2) is 0 Å². The molecule has 1 aromatic carbocycles. The number of hydrogen-bond donors (Lipinski definition) is 1. The molecule has 0 spiro atoms. The molecule has 0 aliphatic rings. The minimum atomic E-state index is -3.51. The van der Waals surface area contributed by atoms with Crippen molar-refractivity contribution in [2.24, 2.45) is 0 Å². The van der Waals surface area contributed by atoms with Gasteiger partial charge >= 0.3 is 0 Å². The Kier molecular flexibility index (Phi) is 5.12. The molecule has 1 N–H and O–H groups in total. The van der Waals surface area contributed by atoms with Crippen LogP contribution in [0.1, 0.15) is 37.5 Å². The number of sulfonamides is 1. The zero-order valence-electron chi connectivity index (χ0n) is 12.3. The molecule has 0 heterocycles. The molecule has 4 nitrogen and oxygen atoms in total. The lowest BCUT2D eigenvalue weighted by molar-refractivity contribution is 0.281. The van der Waals surface area contributed by atoms with Crippen LogP contribution in [0.5, 0.6) is 0 Å². The van der Waals surface area contributed by atoms with Gasteiger partial charge in [-0.25, -0.2) is 8.42 Å². The van der Waals surface area contributed by atoms with E-state index in [1.54, 1.807) is 13.0 Å². The topological polar surface area (TPSA) is 57.6 Å². The van der Waals surface area contributed by atoms with Crippen molar-refractivity contribution in [2.75, 3.05) is 6.54 Å². The molecule has 5 heteroatoms. The Balaban J connectivity index is 3.47. The van der Waals surface area contributed by atoms with Gasteiger partial charge in [-0.15, -0.1) is 0 Å². The predicted molar refractivity (Wildman–Crippen MR) is 76.5 cm³/mol. The van der Waals surface area contributed by atoms with Gasteiger partial charge in [0.2, 0.25) is 10.0 Å². The molecule has 108 valence electrons. The zero-order valence-corrected chi connectivity index (χ0v) is 13.1. The van der Waals surface area contributed by atoms with Gasteiger partial charge in [0, 0.05) is 12.6 Å². The summed E-state index contributed by atoms with van der Waals surface area (Å²) < 4.78 is 26.8. The highest BCUT2D eigenvalue weighted by Gasteiger charge is 2.27. The first kappa shape index (κ1) is 16.1. The maximum Gasteiger partial charge on any atom is 0.243 e. The molecule has 1 rings (SSSR count). The molecule has 0 unspecified atom stereocenters. The van der Waals surface area contributed by atoms with E-state index in [1.165, 1.54) is 4.31 Å². The van der Waals surface area contributed by atoms with Crippen molar-refractivity contribution in [2.45, 2.75) is 52.2 Å². The molecule has 0 radical (unpaired) electrons. The molecule has 0 bridgehead atoms. The van der Waals surface area contributed by atoms with Gasteiger partial charge < -0.3 is 5.11 Å². The predicted octanol–water partition coefficient (Wildman–Crippen LogP) is 2.21. The first-order chi connectivity index (χ1) is 8.75. The van der Waals surface area contributed by atoms with E-state index in [4.69, 9.17) is 0 Å². The molecular weight excluding hydrogens is 262 g/mol. The molecule has 0 atom stereocenters. The van der Waals surface area contributed by atoms with Gasteiger partial charge in [-0.1, -0.05) is 13.0 Å². The van der Waals surface area contributed by atoms with E-state index in [0.29, 0.717) is 17.0 Å². The van der Waals surface area contributed by atoms with Crippen molar-refractivity contribution in [3.8, 4) is 0 Å². The van der Waals surface area contributed by atoms with Crippen molar-refractivity contribution in [3.63, 3.8) is 0 Å². The number of aliphatic hydroxyl groups excluding tert-OH is 1. The smallest absolute Gasteiger partial charge is 0.243 e. The third-order valence-corrected chi connectivity index (χ3v) is 5.61. The summed E-state index contributed by atoms with van der Waals surface area (Å²) in [6, 6.07) is 3.30. The summed E-state index contributed by atoms with van der Waals surface area (Å²) in [5.74, 6) is 0. The standard InChI is InChI=1S/C14H23NO3S/c1-6-15(10(2)3)19(17,18)14-8-13(9-16)7-11(4)12(14)5/h7-8,10,16H,6,9H2,1-5H3.